The molecular weight excluding hydrogens is 713 g/mol. The number of aliphatic imine (C=N–C) groups is 1. The van der Waals surface area contributed by atoms with Gasteiger partial charge in [0.15, 0.2) is 0 Å². The Bertz CT molecular complexity index is 3080. The van der Waals surface area contributed by atoms with Gasteiger partial charge in [0.1, 0.15) is 5.84 Å². The molecule has 0 bridgehead atoms. The van der Waals surface area contributed by atoms with Crippen LogP contribution >= 0.6 is 0 Å². The average molecular weight is 757 g/mol. The van der Waals surface area contributed by atoms with Crippen molar-refractivity contribution < 1.29 is 0 Å². The molecule has 0 saturated heterocycles. The molecule has 2 heteroatoms. The van der Waals surface area contributed by atoms with Crippen molar-refractivity contribution in [2.45, 2.75) is 25.7 Å². The lowest BCUT2D eigenvalue weighted by Crippen LogP contribution is -2.15. The lowest BCUT2D eigenvalue weighted by Gasteiger charge is -2.22. The molecule has 0 atom stereocenters. The number of amidine groups is 1. The molecule has 2 N–H and O–H groups in total. The molecule has 59 heavy (non-hydrogen) atoms. The third kappa shape index (κ3) is 6.63. The lowest BCUT2D eigenvalue weighted by atomic mass is 9.81. The zero-order valence-electron chi connectivity index (χ0n) is 33.4. The summed E-state index contributed by atoms with van der Waals surface area (Å²) in [5, 5.41) is 4.92. The van der Waals surface area contributed by atoms with E-state index in [1.165, 1.54) is 71.8 Å². The number of benzene rings is 9. The molecule has 0 aromatic heterocycles. The standard InChI is InChI=1S/C57H44N2/c1-57(2)52-34-30-42-19-9-10-21-47(42)55(52)51-31-29-45(37-53(51)57)46-32-33-50(49-23-12-11-22-48(46)49)54(35-24-38-14-13-20-44(36-38)40-17-7-4-8-18-40)59-56(58)43-27-25-41(26-28-43)39-15-5-3-6-16-39/h3-23,25-37H,24H2,1-2H3,(H2,58,59)/b54-35-. The summed E-state index contributed by atoms with van der Waals surface area (Å²) in [6.07, 6.45) is 2.93. The molecule has 2 nitrogen and oxygen atoms in total. The Labute approximate surface area is 346 Å². The number of hydrogen-bond acceptors (Lipinski definition) is 1. The van der Waals surface area contributed by atoms with Gasteiger partial charge in [-0.25, -0.2) is 4.99 Å². The topological polar surface area (TPSA) is 38.4 Å². The van der Waals surface area contributed by atoms with Gasteiger partial charge >= 0.3 is 0 Å². The van der Waals surface area contributed by atoms with E-state index in [1.807, 2.05) is 6.07 Å². The van der Waals surface area contributed by atoms with E-state index in [0.717, 1.165) is 27.8 Å². The number of allylic oxidation sites excluding steroid dienone is 1. The van der Waals surface area contributed by atoms with Crippen LogP contribution in [0, 0.1) is 0 Å². The van der Waals surface area contributed by atoms with Crippen molar-refractivity contribution in [3.63, 3.8) is 0 Å². The normalized spacial score (nSPS) is 13.4. The van der Waals surface area contributed by atoms with Gasteiger partial charge in [-0.15, -0.1) is 0 Å². The monoisotopic (exact) mass is 756 g/mol. The van der Waals surface area contributed by atoms with Crippen molar-refractivity contribution in [1.82, 2.24) is 0 Å². The molecule has 1 aliphatic rings. The van der Waals surface area contributed by atoms with Crippen molar-refractivity contribution in [3.05, 3.63) is 234 Å². The summed E-state index contributed by atoms with van der Waals surface area (Å²) in [4.78, 5) is 5.24. The molecule has 0 fully saturated rings. The fourth-order valence-electron chi connectivity index (χ4n) is 9.05. The van der Waals surface area contributed by atoms with E-state index < -0.39 is 0 Å². The first-order valence-corrected chi connectivity index (χ1v) is 20.5. The number of fused-ring (bicyclic) bond motifs is 6. The second kappa shape index (κ2) is 14.9. The Hall–Kier alpha value is -7.29. The molecule has 0 spiro atoms. The molecule has 0 amide bonds. The Morgan fingerprint density at radius 1 is 0.492 bits per heavy atom. The highest BCUT2D eigenvalue weighted by atomic mass is 14.9. The molecular formula is C57H44N2. The SMILES string of the molecule is CC1(C)c2cc(-c3ccc(/C(=C/Cc4cccc(-c5ccccc5)c4)N=C(N)c4ccc(-c5ccccc5)cc4)c4ccccc34)ccc2-c2c1ccc1ccccc21. The highest BCUT2D eigenvalue weighted by Gasteiger charge is 2.36. The van der Waals surface area contributed by atoms with Crippen LogP contribution in [0.5, 0.6) is 0 Å². The van der Waals surface area contributed by atoms with Gasteiger partial charge in [-0.2, -0.15) is 0 Å². The molecule has 0 saturated carbocycles. The highest BCUT2D eigenvalue weighted by molar-refractivity contribution is 6.07. The minimum absolute atomic E-state index is 0.125. The van der Waals surface area contributed by atoms with Gasteiger partial charge in [-0.1, -0.05) is 214 Å². The summed E-state index contributed by atoms with van der Waals surface area (Å²) in [7, 11) is 0. The fraction of sp³-hybridized carbons (Fsp3) is 0.0702. The van der Waals surface area contributed by atoms with Crippen LogP contribution in [0.3, 0.4) is 0 Å². The summed E-state index contributed by atoms with van der Waals surface area (Å²) in [5.74, 6) is 0.481. The van der Waals surface area contributed by atoms with E-state index in [0.29, 0.717) is 12.3 Å². The molecule has 0 radical (unpaired) electrons. The third-order valence-electron chi connectivity index (χ3n) is 12.2. The van der Waals surface area contributed by atoms with Crippen LogP contribution in [0.1, 0.15) is 41.7 Å². The van der Waals surface area contributed by atoms with Crippen LogP contribution < -0.4 is 5.73 Å². The first kappa shape index (κ1) is 36.1. The second-order valence-corrected chi connectivity index (χ2v) is 16.1. The van der Waals surface area contributed by atoms with Crippen molar-refractivity contribution in [3.8, 4) is 44.5 Å². The molecule has 282 valence electrons. The first-order chi connectivity index (χ1) is 28.9. The summed E-state index contributed by atoms with van der Waals surface area (Å²) in [6, 6.07) is 71.8. The van der Waals surface area contributed by atoms with E-state index in [1.54, 1.807) is 0 Å². The number of nitrogens with two attached hydrogens (primary N) is 1. The maximum Gasteiger partial charge on any atom is 0.131 e. The van der Waals surface area contributed by atoms with Gasteiger partial charge in [-0.3, -0.25) is 0 Å². The van der Waals surface area contributed by atoms with Crippen molar-refractivity contribution in [2.24, 2.45) is 10.7 Å². The smallest absolute Gasteiger partial charge is 0.131 e. The average Bonchev–Trinajstić information content (AvgIpc) is 3.53. The fourth-order valence-corrected chi connectivity index (χ4v) is 9.05. The molecule has 1 aliphatic carbocycles. The zero-order chi connectivity index (χ0) is 39.9. The minimum atomic E-state index is -0.125. The largest absolute Gasteiger partial charge is 0.383 e. The third-order valence-corrected chi connectivity index (χ3v) is 12.2. The van der Waals surface area contributed by atoms with Crippen LogP contribution in [-0.4, -0.2) is 5.84 Å². The quantitative estimate of drug-likeness (QED) is 0.122. The van der Waals surface area contributed by atoms with Crippen LogP contribution in [0.2, 0.25) is 0 Å². The Balaban J connectivity index is 1.07. The minimum Gasteiger partial charge on any atom is -0.383 e. The Morgan fingerprint density at radius 3 is 1.86 bits per heavy atom. The second-order valence-electron chi connectivity index (χ2n) is 16.1. The maximum atomic E-state index is 6.91. The van der Waals surface area contributed by atoms with Crippen molar-refractivity contribution >= 4 is 33.1 Å². The predicted octanol–water partition coefficient (Wildman–Crippen LogP) is 14.3. The maximum absolute atomic E-state index is 6.91. The molecule has 9 aromatic rings. The summed E-state index contributed by atoms with van der Waals surface area (Å²) in [5.41, 5.74) is 23.3. The van der Waals surface area contributed by atoms with Crippen molar-refractivity contribution in [2.75, 3.05) is 0 Å². The Kier molecular flexibility index (Phi) is 9.11. The molecule has 0 heterocycles. The van der Waals surface area contributed by atoms with Gasteiger partial charge in [0, 0.05) is 16.5 Å². The van der Waals surface area contributed by atoms with Crippen LogP contribution in [-0.2, 0) is 11.8 Å². The molecule has 9 aromatic carbocycles. The molecule has 0 aliphatic heterocycles. The van der Waals surface area contributed by atoms with Gasteiger partial charge in [0.2, 0.25) is 0 Å². The van der Waals surface area contributed by atoms with Crippen LogP contribution in [0.25, 0.3) is 71.7 Å². The van der Waals surface area contributed by atoms with E-state index in [4.69, 9.17) is 10.7 Å². The van der Waals surface area contributed by atoms with Crippen LogP contribution in [0.15, 0.2) is 211 Å². The first-order valence-electron chi connectivity index (χ1n) is 20.5. The van der Waals surface area contributed by atoms with Crippen LogP contribution in [0.4, 0.5) is 0 Å². The Morgan fingerprint density at radius 2 is 1.10 bits per heavy atom. The van der Waals surface area contributed by atoms with Crippen molar-refractivity contribution in [1.29, 1.82) is 0 Å². The van der Waals surface area contributed by atoms with Gasteiger partial charge in [0.05, 0.1) is 5.70 Å². The van der Waals surface area contributed by atoms with E-state index in [2.05, 4.69) is 214 Å². The van der Waals surface area contributed by atoms with E-state index >= 15 is 0 Å². The number of rotatable bonds is 8. The van der Waals surface area contributed by atoms with E-state index in [9.17, 15) is 0 Å². The summed E-state index contributed by atoms with van der Waals surface area (Å²) in [6.45, 7) is 4.73. The summed E-state index contributed by atoms with van der Waals surface area (Å²) < 4.78 is 0. The summed E-state index contributed by atoms with van der Waals surface area (Å²) >= 11 is 0. The van der Waals surface area contributed by atoms with Gasteiger partial charge in [0.25, 0.3) is 0 Å². The zero-order valence-corrected chi connectivity index (χ0v) is 33.4. The van der Waals surface area contributed by atoms with Gasteiger partial charge in [-0.05, 0) is 95.2 Å². The molecule has 0 unspecified atom stereocenters. The number of hydrogen-bond donors (Lipinski definition) is 1. The lowest BCUT2D eigenvalue weighted by molar-refractivity contribution is 0.661. The highest BCUT2D eigenvalue weighted by Crippen LogP contribution is 2.52. The number of nitrogens with zero attached hydrogens (tertiary/aromatic N) is 1. The van der Waals surface area contributed by atoms with E-state index in [-0.39, 0.29) is 5.41 Å². The predicted molar refractivity (Wildman–Crippen MR) is 251 cm³/mol. The molecule has 10 rings (SSSR count). The van der Waals surface area contributed by atoms with Gasteiger partial charge < -0.3 is 5.73 Å².